The van der Waals surface area contributed by atoms with Crippen LogP contribution in [0, 0.1) is 19.1 Å². The Morgan fingerprint density at radius 2 is 1.35 bits per heavy atom. The van der Waals surface area contributed by atoms with Crippen LogP contribution >= 0.6 is 8.19 Å². The van der Waals surface area contributed by atoms with Gasteiger partial charge in [-0.15, -0.1) is 0 Å². The number of rotatable bonds is 0. The summed E-state index contributed by atoms with van der Waals surface area (Å²) in [6, 6.07) is 12.0. The lowest BCUT2D eigenvalue weighted by molar-refractivity contribution is -0.547. The molecule has 84 valence electrons. The molecule has 1 heterocycles. The maximum absolute atomic E-state index is 12.2. The number of nitrogens with zero attached hydrogens (tertiary/aromatic N) is 1. The van der Waals surface area contributed by atoms with E-state index in [4.69, 9.17) is 0 Å². The van der Waals surface area contributed by atoms with E-state index in [1.54, 1.807) is 0 Å². The molecule has 0 radical (unpaired) electrons. The van der Waals surface area contributed by atoms with Crippen LogP contribution in [0.4, 0.5) is 0 Å². The van der Waals surface area contributed by atoms with E-state index in [0.29, 0.717) is 0 Å². The predicted octanol–water partition coefficient (Wildman–Crippen LogP) is 3.82. The van der Waals surface area contributed by atoms with E-state index in [0.717, 1.165) is 34.2 Å². The van der Waals surface area contributed by atoms with Crippen LogP contribution in [0.2, 0.25) is 0 Å². The van der Waals surface area contributed by atoms with Crippen molar-refractivity contribution in [2.75, 3.05) is 0 Å². The molecule has 0 saturated heterocycles. The number of hydrogen-bond donors (Lipinski definition) is 0. The molecule has 0 spiro atoms. The van der Waals surface area contributed by atoms with Crippen molar-refractivity contribution in [2.24, 2.45) is 0 Å². The summed E-state index contributed by atoms with van der Waals surface area (Å²) in [5, 5.41) is 14.4. The van der Waals surface area contributed by atoms with Gasteiger partial charge in [0.15, 0.2) is 0 Å². The maximum Gasteiger partial charge on any atom is 0.228 e. The van der Waals surface area contributed by atoms with Gasteiger partial charge in [0.1, 0.15) is 0 Å². The zero-order valence-corrected chi connectivity index (χ0v) is 10.7. The lowest BCUT2D eigenvalue weighted by atomic mass is 10.2. The lowest BCUT2D eigenvalue weighted by Crippen LogP contribution is -2.27. The molecule has 1 aromatic heterocycles. The van der Waals surface area contributed by atoms with Gasteiger partial charge in [0.05, 0.1) is 10.2 Å². The molecule has 0 atom stereocenters. The number of fused-ring (bicyclic) bond motifs is 2. The van der Waals surface area contributed by atoms with E-state index in [1.165, 1.54) is 11.1 Å². The van der Waals surface area contributed by atoms with Gasteiger partial charge in [-0.25, -0.2) is 0 Å². The van der Waals surface area contributed by atoms with Gasteiger partial charge >= 0.3 is 0 Å². The zero-order valence-electron chi connectivity index (χ0n) is 9.77. The van der Waals surface area contributed by atoms with Gasteiger partial charge in [0.2, 0.25) is 11.0 Å². The third-order valence-corrected chi connectivity index (χ3v) is 4.14. The summed E-state index contributed by atoms with van der Waals surface area (Å²) in [6.07, 6.45) is 0. The summed E-state index contributed by atoms with van der Waals surface area (Å²) in [5.41, 5.74) is 3.93. The third-order valence-electron chi connectivity index (χ3n) is 2.94. The van der Waals surface area contributed by atoms with Crippen molar-refractivity contribution in [2.45, 2.75) is 13.8 Å². The van der Waals surface area contributed by atoms with E-state index >= 15 is 0 Å². The van der Waals surface area contributed by atoms with Gasteiger partial charge in [-0.3, -0.25) is 0 Å². The number of aromatic nitrogens is 1. The topological polar surface area (TPSA) is 26.9 Å². The second kappa shape index (κ2) is 3.68. The highest BCUT2D eigenvalue weighted by molar-refractivity contribution is 7.42. The predicted molar refractivity (Wildman–Crippen MR) is 72.4 cm³/mol. The van der Waals surface area contributed by atoms with E-state index in [-0.39, 0.29) is 0 Å². The van der Waals surface area contributed by atoms with Gasteiger partial charge in [-0.05, 0) is 45.3 Å². The molecule has 0 N–H and O–H groups in total. The molecule has 0 aliphatic rings. The summed E-state index contributed by atoms with van der Waals surface area (Å²) >= 11 is 0. The van der Waals surface area contributed by atoms with Gasteiger partial charge < -0.3 is 5.21 Å². The Morgan fingerprint density at radius 1 is 0.882 bits per heavy atom. The number of benzene rings is 2. The van der Waals surface area contributed by atoms with E-state index < -0.39 is 0 Å². The highest BCUT2D eigenvalue weighted by Crippen LogP contribution is 2.29. The SMILES string of the molecule is Cc1ccc2c(c1)pc1cc(C)ccc1[n+]2[O-]. The fourth-order valence-corrected chi connectivity index (χ4v) is 3.40. The van der Waals surface area contributed by atoms with Crippen molar-refractivity contribution >= 4 is 29.5 Å². The molecule has 2 aromatic carbocycles. The molecule has 0 unspecified atom stereocenters. The molecule has 2 nitrogen and oxygen atoms in total. The van der Waals surface area contributed by atoms with Crippen molar-refractivity contribution in [1.29, 1.82) is 0 Å². The van der Waals surface area contributed by atoms with E-state index in [2.05, 4.69) is 26.0 Å². The Bertz CT molecular complexity index is 677. The largest absolute Gasteiger partial charge is 0.618 e. The first kappa shape index (κ1) is 10.5. The highest BCUT2D eigenvalue weighted by atomic mass is 31.0. The monoisotopic (exact) mass is 241 g/mol. The first-order valence-corrected chi connectivity index (χ1v) is 6.45. The first-order chi connectivity index (χ1) is 8.15. The van der Waals surface area contributed by atoms with Crippen LogP contribution < -0.4 is 4.73 Å². The average Bonchev–Trinajstić information content (AvgIpc) is 2.28. The Hall–Kier alpha value is -1.66. The molecule has 3 heteroatoms. The maximum atomic E-state index is 12.2. The Labute approximate surface area is 101 Å². The van der Waals surface area contributed by atoms with Crippen LogP contribution in [0.25, 0.3) is 21.3 Å². The van der Waals surface area contributed by atoms with Crippen LogP contribution in [0.5, 0.6) is 0 Å². The van der Waals surface area contributed by atoms with Crippen LogP contribution in [0.3, 0.4) is 0 Å². The van der Waals surface area contributed by atoms with Crippen LogP contribution in [0.15, 0.2) is 36.4 Å². The fourth-order valence-electron chi connectivity index (χ4n) is 2.05. The smallest absolute Gasteiger partial charge is 0.228 e. The Morgan fingerprint density at radius 3 is 1.82 bits per heavy atom. The van der Waals surface area contributed by atoms with Crippen molar-refractivity contribution in [3.63, 3.8) is 0 Å². The first-order valence-electron chi connectivity index (χ1n) is 5.55. The van der Waals surface area contributed by atoms with Crippen molar-refractivity contribution in [3.05, 3.63) is 52.7 Å². The van der Waals surface area contributed by atoms with E-state index in [1.807, 2.05) is 24.3 Å². The van der Waals surface area contributed by atoms with Crippen LogP contribution in [-0.4, -0.2) is 0 Å². The molecule has 0 aliphatic carbocycles. The summed E-state index contributed by atoms with van der Waals surface area (Å²) in [6.45, 7) is 4.10. The molecule has 0 bridgehead atoms. The Kier molecular flexibility index (Phi) is 2.27. The molecule has 3 rings (SSSR count). The number of aryl methyl sites for hydroxylation is 2. The lowest BCUT2D eigenvalue weighted by Gasteiger charge is -2.06. The van der Waals surface area contributed by atoms with Crippen LogP contribution in [0.1, 0.15) is 11.1 Å². The molecule has 0 saturated carbocycles. The van der Waals surface area contributed by atoms with Gasteiger partial charge in [0.25, 0.3) is 0 Å². The molecule has 0 aliphatic heterocycles. The molecular weight excluding hydrogens is 229 g/mol. The minimum atomic E-state index is 0.772. The fraction of sp³-hybridized carbons (Fsp3) is 0.143. The van der Waals surface area contributed by atoms with Crippen molar-refractivity contribution in [3.8, 4) is 0 Å². The molecule has 0 amide bonds. The highest BCUT2D eigenvalue weighted by Gasteiger charge is 2.10. The zero-order chi connectivity index (χ0) is 12.0. The normalized spacial score (nSPS) is 11.2. The Balaban J connectivity index is 2.52. The van der Waals surface area contributed by atoms with Gasteiger partial charge in [-0.1, -0.05) is 12.1 Å². The quantitative estimate of drug-likeness (QED) is 0.334. The number of hydrogen-bond acceptors (Lipinski definition) is 1. The van der Waals surface area contributed by atoms with Gasteiger partial charge in [-0.2, -0.15) is 4.73 Å². The van der Waals surface area contributed by atoms with Gasteiger partial charge in [0, 0.05) is 12.1 Å². The molecule has 0 fully saturated rings. The second-order valence-electron chi connectivity index (χ2n) is 4.39. The van der Waals surface area contributed by atoms with Crippen molar-refractivity contribution in [1.82, 2.24) is 0 Å². The summed E-state index contributed by atoms with van der Waals surface area (Å²) in [4.78, 5) is 0. The van der Waals surface area contributed by atoms with E-state index in [9.17, 15) is 5.21 Å². The summed E-state index contributed by atoms with van der Waals surface area (Å²) < 4.78 is 1.04. The van der Waals surface area contributed by atoms with Crippen LogP contribution in [-0.2, 0) is 0 Å². The minimum absolute atomic E-state index is 0.772. The second-order valence-corrected chi connectivity index (χ2v) is 5.58. The molecule has 3 aromatic rings. The standard InChI is InChI=1S/C14H12NOP/c1-9-3-5-11-13(7-9)17-14-8-10(2)4-6-12(14)15(11)16/h3-8H,1-2H3. The third kappa shape index (κ3) is 1.65. The average molecular weight is 241 g/mol. The summed E-state index contributed by atoms with van der Waals surface area (Å²) in [7, 11) is 1.13. The summed E-state index contributed by atoms with van der Waals surface area (Å²) in [5.74, 6) is 0. The minimum Gasteiger partial charge on any atom is -0.618 e. The van der Waals surface area contributed by atoms with Crippen molar-refractivity contribution < 1.29 is 4.73 Å². The molecule has 17 heavy (non-hydrogen) atoms. The molecular formula is C14H12NOP.